The van der Waals surface area contributed by atoms with Crippen molar-refractivity contribution in [1.82, 2.24) is 14.8 Å². The Morgan fingerprint density at radius 1 is 1.40 bits per heavy atom. The van der Waals surface area contributed by atoms with Crippen LogP contribution in [-0.2, 0) is 0 Å². The molecule has 0 bridgehead atoms. The summed E-state index contributed by atoms with van der Waals surface area (Å²) in [4.78, 5) is 15.8. The molecule has 1 N–H and O–H groups in total. The van der Waals surface area contributed by atoms with Crippen LogP contribution in [0.2, 0.25) is 0 Å². The monoisotopic (exact) mass is 355 g/mol. The van der Waals surface area contributed by atoms with Gasteiger partial charge in [-0.15, -0.1) is 11.3 Å². The maximum Gasteiger partial charge on any atom is 0.339 e. The van der Waals surface area contributed by atoms with Crippen LogP contribution in [0.25, 0.3) is 16.4 Å². The predicted molar refractivity (Wildman–Crippen MR) is 94.6 cm³/mol. The zero-order valence-electron chi connectivity index (χ0n) is 13.7. The summed E-state index contributed by atoms with van der Waals surface area (Å²) in [6.45, 7) is 2.47. The van der Waals surface area contributed by atoms with E-state index >= 15 is 0 Å². The molecule has 1 saturated carbocycles. The molecule has 0 saturated heterocycles. The molecule has 1 fully saturated rings. The molecule has 25 heavy (non-hydrogen) atoms. The van der Waals surface area contributed by atoms with E-state index in [0.717, 1.165) is 23.6 Å². The van der Waals surface area contributed by atoms with Gasteiger partial charge < -0.3 is 9.84 Å². The number of para-hydroxylation sites is 1. The Bertz CT molecular complexity index is 927. The summed E-state index contributed by atoms with van der Waals surface area (Å²) in [5.41, 5.74) is 2.49. The van der Waals surface area contributed by atoms with Crippen LogP contribution < -0.4 is 4.74 Å². The van der Waals surface area contributed by atoms with E-state index in [1.54, 1.807) is 11.6 Å². The number of nitrogens with zero attached hydrogens (tertiary/aromatic N) is 3. The van der Waals surface area contributed by atoms with Crippen molar-refractivity contribution in [2.24, 2.45) is 5.92 Å². The van der Waals surface area contributed by atoms with Gasteiger partial charge >= 0.3 is 5.97 Å². The largest absolute Gasteiger partial charge is 0.493 e. The van der Waals surface area contributed by atoms with Crippen molar-refractivity contribution in [1.29, 1.82) is 0 Å². The van der Waals surface area contributed by atoms with E-state index < -0.39 is 5.97 Å². The van der Waals surface area contributed by atoms with Crippen molar-refractivity contribution in [3.63, 3.8) is 0 Å². The van der Waals surface area contributed by atoms with Gasteiger partial charge in [0, 0.05) is 10.9 Å². The average molecular weight is 355 g/mol. The minimum Gasteiger partial charge on any atom is -0.493 e. The van der Waals surface area contributed by atoms with E-state index in [1.807, 2.05) is 29.6 Å². The number of hydrogen-bond donors (Lipinski definition) is 1. The Hall–Kier alpha value is -2.67. The van der Waals surface area contributed by atoms with E-state index in [2.05, 4.69) is 10.1 Å². The number of benzene rings is 1. The highest BCUT2D eigenvalue weighted by Gasteiger charge is 2.23. The molecule has 2 aromatic heterocycles. The number of ether oxygens (including phenoxy) is 1. The molecule has 4 rings (SSSR count). The van der Waals surface area contributed by atoms with Gasteiger partial charge in [-0.25, -0.2) is 14.5 Å². The summed E-state index contributed by atoms with van der Waals surface area (Å²) in [5, 5.41) is 15.9. The number of hydrogen-bond acceptors (Lipinski definition) is 5. The summed E-state index contributed by atoms with van der Waals surface area (Å²) in [6.07, 6.45) is 3.84. The molecule has 0 amide bonds. The smallest absolute Gasteiger partial charge is 0.339 e. The van der Waals surface area contributed by atoms with Gasteiger partial charge in [-0.05, 0) is 37.8 Å². The third-order valence-electron chi connectivity index (χ3n) is 4.25. The second-order valence-electron chi connectivity index (χ2n) is 6.13. The molecule has 1 aliphatic carbocycles. The fourth-order valence-electron chi connectivity index (χ4n) is 2.59. The molecular weight excluding hydrogens is 338 g/mol. The molecule has 0 radical (unpaired) electrons. The predicted octanol–water partition coefficient (Wildman–Crippen LogP) is 3.79. The fourth-order valence-corrected chi connectivity index (χ4v) is 3.43. The highest BCUT2D eigenvalue weighted by Crippen LogP contribution is 2.34. The summed E-state index contributed by atoms with van der Waals surface area (Å²) in [5.74, 6) is 0.522. The first-order valence-electron chi connectivity index (χ1n) is 8.09. The van der Waals surface area contributed by atoms with Crippen LogP contribution in [0.3, 0.4) is 0 Å². The molecule has 3 aromatic rings. The minimum atomic E-state index is -0.987. The third-order valence-corrected chi connectivity index (χ3v) is 5.06. The summed E-state index contributed by atoms with van der Waals surface area (Å²) in [6, 6.07) is 7.86. The number of carbonyl (C=O) groups is 1. The van der Waals surface area contributed by atoms with Crippen LogP contribution in [0.1, 0.15) is 28.9 Å². The van der Waals surface area contributed by atoms with Crippen LogP contribution in [0.5, 0.6) is 5.75 Å². The Morgan fingerprint density at radius 3 is 2.92 bits per heavy atom. The Morgan fingerprint density at radius 2 is 2.20 bits per heavy atom. The van der Waals surface area contributed by atoms with Gasteiger partial charge in [0.1, 0.15) is 11.3 Å². The first-order valence-corrected chi connectivity index (χ1v) is 8.97. The third kappa shape index (κ3) is 3.15. The van der Waals surface area contributed by atoms with Crippen LogP contribution >= 0.6 is 11.3 Å². The molecular formula is C18H17N3O3S. The molecule has 0 spiro atoms. The Kier molecular flexibility index (Phi) is 4.01. The molecule has 0 aliphatic heterocycles. The first-order chi connectivity index (χ1) is 12.1. The number of carboxylic acid groups (broad SMARTS) is 1. The lowest BCUT2D eigenvalue weighted by Crippen LogP contribution is -2.02. The molecule has 1 aromatic carbocycles. The van der Waals surface area contributed by atoms with Crippen LogP contribution in [0, 0.1) is 12.8 Å². The van der Waals surface area contributed by atoms with Gasteiger partial charge in [-0.1, -0.05) is 12.1 Å². The average Bonchev–Trinajstić information content (AvgIpc) is 3.16. The number of aromatic carboxylic acids is 1. The maximum absolute atomic E-state index is 11.2. The Balaban J connectivity index is 1.64. The normalized spacial score (nSPS) is 13.8. The van der Waals surface area contributed by atoms with Gasteiger partial charge in [0.15, 0.2) is 0 Å². The van der Waals surface area contributed by atoms with Crippen LogP contribution in [0.4, 0.5) is 0 Å². The lowest BCUT2D eigenvalue weighted by molar-refractivity contribution is 0.0696. The van der Waals surface area contributed by atoms with E-state index in [0.29, 0.717) is 16.7 Å². The minimum absolute atomic E-state index is 0.185. The van der Waals surface area contributed by atoms with Crippen molar-refractivity contribution in [3.8, 4) is 22.1 Å². The number of thiazole rings is 1. The summed E-state index contributed by atoms with van der Waals surface area (Å²) in [7, 11) is 0. The zero-order chi connectivity index (χ0) is 17.4. The molecule has 1 aliphatic rings. The SMILES string of the molecule is Cc1c(C(=O)O)cnn1-c1nc(-c2ccccc2OCC2CC2)cs1. The number of aromatic nitrogens is 3. The molecule has 6 nitrogen and oxygen atoms in total. The van der Waals surface area contributed by atoms with Crippen LogP contribution in [-0.4, -0.2) is 32.4 Å². The second-order valence-corrected chi connectivity index (χ2v) is 6.96. The molecule has 128 valence electrons. The van der Waals surface area contributed by atoms with Crippen LogP contribution in [0.15, 0.2) is 35.8 Å². The fraction of sp³-hybridized carbons (Fsp3) is 0.278. The number of rotatable bonds is 6. The molecule has 0 atom stereocenters. The van der Waals surface area contributed by atoms with Crippen molar-refractivity contribution in [2.45, 2.75) is 19.8 Å². The number of carboxylic acids is 1. The van der Waals surface area contributed by atoms with E-state index in [1.165, 1.54) is 30.4 Å². The van der Waals surface area contributed by atoms with Gasteiger partial charge in [-0.3, -0.25) is 0 Å². The van der Waals surface area contributed by atoms with E-state index in [4.69, 9.17) is 9.84 Å². The van der Waals surface area contributed by atoms with Gasteiger partial charge in [-0.2, -0.15) is 5.10 Å². The van der Waals surface area contributed by atoms with Crippen molar-refractivity contribution in [3.05, 3.63) is 47.1 Å². The quantitative estimate of drug-likeness (QED) is 0.728. The molecule has 7 heteroatoms. The Labute approximate surface area is 148 Å². The highest BCUT2D eigenvalue weighted by atomic mass is 32.1. The van der Waals surface area contributed by atoms with Gasteiger partial charge in [0.05, 0.1) is 24.2 Å². The van der Waals surface area contributed by atoms with Crippen molar-refractivity contribution in [2.75, 3.05) is 6.61 Å². The lowest BCUT2D eigenvalue weighted by Gasteiger charge is -2.09. The highest BCUT2D eigenvalue weighted by molar-refractivity contribution is 7.12. The molecule has 2 heterocycles. The first kappa shape index (κ1) is 15.8. The standard InChI is InChI=1S/C18H17N3O3S/c1-11-14(17(22)23)8-19-21(11)18-20-15(10-25-18)13-4-2-3-5-16(13)24-9-12-6-7-12/h2-5,8,10,12H,6-7,9H2,1H3,(H,22,23). The molecule has 0 unspecified atom stereocenters. The van der Waals surface area contributed by atoms with Gasteiger partial charge in [0.2, 0.25) is 5.13 Å². The van der Waals surface area contributed by atoms with E-state index in [9.17, 15) is 4.79 Å². The van der Waals surface area contributed by atoms with Crippen molar-refractivity contribution < 1.29 is 14.6 Å². The zero-order valence-corrected chi connectivity index (χ0v) is 14.5. The van der Waals surface area contributed by atoms with E-state index in [-0.39, 0.29) is 5.56 Å². The van der Waals surface area contributed by atoms with Crippen molar-refractivity contribution >= 4 is 17.3 Å². The topological polar surface area (TPSA) is 77.2 Å². The summed E-state index contributed by atoms with van der Waals surface area (Å²) < 4.78 is 7.52. The summed E-state index contributed by atoms with van der Waals surface area (Å²) >= 11 is 1.42. The maximum atomic E-state index is 11.2. The lowest BCUT2D eigenvalue weighted by atomic mass is 10.1. The second kappa shape index (κ2) is 6.33. The van der Waals surface area contributed by atoms with Gasteiger partial charge in [0.25, 0.3) is 0 Å².